The quantitative estimate of drug-likeness (QED) is 0.506. The average Bonchev–Trinajstić information content (AvgIpc) is 3.17. The monoisotopic (exact) mass is 403 g/mol. The van der Waals surface area contributed by atoms with Crippen molar-refractivity contribution in [1.82, 2.24) is 14.8 Å². The van der Waals surface area contributed by atoms with Crippen molar-refractivity contribution < 1.29 is 14.8 Å². The van der Waals surface area contributed by atoms with Crippen LogP contribution in [0.25, 0.3) is 11.4 Å². The predicted molar refractivity (Wildman–Crippen MR) is 108 cm³/mol. The van der Waals surface area contributed by atoms with E-state index in [-0.39, 0.29) is 17.2 Å². The number of phenolic OH excluding ortho intramolecular Hbond substituents is 1. The van der Waals surface area contributed by atoms with E-state index in [1.165, 1.54) is 12.1 Å². The number of nitro benzene ring substituents is 1. The molecule has 150 valence electrons. The van der Waals surface area contributed by atoms with Crippen LogP contribution in [0.15, 0.2) is 59.8 Å². The third kappa shape index (κ3) is 2.91. The van der Waals surface area contributed by atoms with Crippen LogP contribution in [0.4, 0.5) is 11.6 Å². The van der Waals surface area contributed by atoms with Gasteiger partial charge >= 0.3 is 0 Å². The topological polar surface area (TPSA) is 123 Å². The van der Waals surface area contributed by atoms with Crippen molar-refractivity contribution in [3.8, 4) is 17.1 Å². The smallest absolute Gasteiger partial charge is 0.270 e. The molecular weight excluding hydrogens is 386 g/mol. The number of non-ortho nitro benzene ring substituents is 1. The molecule has 1 aliphatic carbocycles. The fourth-order valence-corrected chi connectivity index (χ4v) is 4.00. The Morgan fingerprint density at radius 3 is 2.73 bits per heavy atom. The Balaban J connectivity index is 1.65. The minimum atomic E-state index is -0.482. The molecule has 2 N–H and O–H groups in total. The number of hydrogen-bond donors (Lipinski definition) is 2. The lowest BCUT2D eigenvalue weighted by Crippen LogP contribution is -2.31. The zero-order valence-corrected chi connectivity index (χ0v) is 15.8. The van der Waals surface area contributed by atoms with Crippen LogP contribution < -0.4 is 5.32 Å². The van der Waals surface area contributed by atoms with Gasteiger partial charge in [0.05, 0.1) is 4.92 Å². The number of Topliss-reactive ketones (excluding diaryl/α,β-unsaturated/α-hetero) is 1. The van der Waals surface area contributed by atoms with Gasteiger partial charge in [0.15, 0.2) is 11.6 Å². The molecule has 9 heteroatoms. The molecule has 2 heterocycles. The minimum absolute atomic E-state index is 0.0455. The number of hydrogen-bond acceptors (Lipinski definition) is 7. The fraction of sp³-hybridized carbons (Fsp3) is 0.190. The van der Waals surface area contributed by atoms with Crippen LogP contribution in [0.3, 0.4) is 0 Å². The van der Waals surface area contributed by atoms with Crippen LogP contribution in [0, 0.1) is 10.1 Å². The number of carbonyl (C=O) groups excluding carboxylic acids is 1. The van der Waals surface area contributed by atoms with E-state index in [0.29, 0.717) is 29.3 Å². The summed E-state index contributed by atoms with van der Waals surface area (Å²) in [5.74, 6) is 0.994. The van der Waals surface area contributed by atoms with Crippen LogP contribution in [0.1, 0.15) is 30.9 Å². The maximum atomic E-state index is 12.8. The number of nitrogens with one attached hydrogen (secondary N) is 1. The first-order valence-corrected chi connectivity index (χ1v) is 9.55. The molecule has 1 atom stereocenters. The molecule has 1 aromatic heterocycles. The Hall–Kier alpha value is -4.01. The Bertz CT molecular complexity index is 1210. The molecule has 1 aliphatic heterocycles. The van der Waals surface area contributed by atoms with Gasteiger partial charge in [-0.1, -0.05) is 24.3 Å². The van der Waals surface area contributed by atoms with Crippen molar-refractivity contribution >= 4 is 17.4 Å². The molecular formula is C21H17N5O4. The molecule has 1 unspecified atom stereocenters. The number of ketones is 1. The maximum Gasteiger partial charge on any atom is 0.270 e. The summed E-state index contributed by atoms with van der Waals surface area (Å²) in [7, 11) is 0. The zero-order chi connectivity index (χ0) is 20.8. The van der Waals surface area contributed by atoms with Crippen molar-refractivity contribution in [3.05, 3.63) is 75.5 Å². The summed E-state index contributed by atoms with van der Waals surface area (Å²) in [5, 5.41) is 28.6. The predicted octanol–water partition coefficient (Wildman–Crippen LogP) is 3.58. The maximum absolute atomic E-state index is 12.8. The van der Waals surface area contributed by atoms with Crippen molar-refractivity contribution in [2.24, 2.45) is 0 Å². The van der Waals surface area contributed by atoms with E-state index < -0.39 is 11.0 Å². The largest absolute Gasteiger partial charge is 0.508 e. The van der Waals surface area contributed by atoms with Crippen molar-refractivity contribution in [2.75, 3.05) is 5.32 Å². The summed E-state index contributed by atoms with van der Waals surface area (Å²) in [6.45, 7) is 0. The van der Waals surface area contributed by atoms with Gasteiger partial charge in [-0.25, -0.2) is 4.68 Å². The first-order chi connectivity index (χ1) is 14.5. The standard InChI is InChI=1S/C21H17N5O4/c27-15-9-7-12(8-10-15)19-18-16(5-2-6-17(18)28)22-21-23-20(24-25(19)21)13-3-1-4-14(11-13)26(29)30/h1,3-4,7-11,19,27H,2,5-6H2,(H,22,23,24). The van der Waals surface area contributed by atoms with Crippen LogP contribution >= 0.6 is 0 Å². The number of phenols is 1. The molecule has 0 bridgehead atoms. The number of fused-ring (bicyclic) bond motifs is 1. The molecule has 0 spiro atoms. The molecule has 0 fully saturated rings. The number of anilines is 1. The van der Waals surface area contributed by atoms with Crippen molar-refractivity contribution in [1.29, 1.82) is 0 Å². The van der Waals surface area contributed by atoms with Gasteiger partial charge in [0.25, 0.3) is 5.69 Å². The van der Waals surface area contributed by atoms with Gasteiger partial charge in [0.2, 0.25) is 5.95 Å². The summed E-state index contributed by atoms with van der Waals surface area (Å²) in [4.78, 5) is 28.0. The SMILES string of the molecule is O=C1CCCC2=C1C(c1ccc(O)cc1)n1nc(-c3cccc([N+](=O)[O-])c3)nc1N2. The van der Waals surface area contributed by atoms with E-state index in [9.17, 15) is 20.0 Å². The lowest BCUT2D eigenvalue weighted by atomic mass is 9.85. The second-order valence-electron chi connectivity index (χ2n) is 7.30. The summed E-state index contributed by atoms with van der Waals surface area (Å²) < 4.78 is 1.64. The van der Waals surface area contributed by atoms with Gasteiger partial charge in [0.1, 0.15) is 11.8 Å². The van der Waals surface area contributed by atoms with Crippen molar-refractivity contribution in [2.45, 2.75) is 25.3 Å². The van der Waals surface area contributed by atoms with Gasteiger partial charge in [-0.2, -0.15) is 4.98 Å². The van der Waals surface area contributed by atoms with Gasteiger partial charge in [0, 0.05) is 35.4 Å². The zero-order valence-electron chi connectivity index (χ0n) is 15.8. The summed E-state index contributed by atoms with van der Waals surface area (Å²) in [6, 6.07) is 12.3. The molecule has 2 aliphatic rings. The number of aromatic nitrogens is 3. The highest BCUT2D eigenvalue weighted by atomic mass is 16.6. The van der Waals surface area contributed by atoms with E-state index in [4.69, 9.17) is 0 Å². The number of aromatic hydroxyl groups is 1. The second-order valence-corrected chi connectivity index (χ2v) is 7.30. The highest BCUT2D eigenvalue weighted by Crippen LogP contribution is 2.41. The van der Waals surface area contributed by atoms with E-state index in [0.717, 1.165) is 24.1 Å². The van der Waals surface area contributed by atoms with E-state index >= 15 is 0 Å². The van der Waals surface area contributed by atoms with Gasteiger partial charge in [-0.05, 0) is 30.5 Å². The lowest BCUT2D eigenvalue weighted by molar-refractivity contribution is -0.384. The number of allylic oxidation sites excluding steroid dienone is 2. The second kappa shape index (κ2) is 6.80. The molecule has 0 radical (unpaired) electrons. The molecule has 2 aromatic carbocycles. The van der Waals surface area contributed by atoms with Crippen LogP contribution in [0.5, 0.6) is 5.75 Å². The lowest BCUT2D eigenvalue weighted by Gasteiger charge is -2.32. The third-order valence-electron chi connectivity index (χ3n) is 5.39. The number of nitro groups is 1. The molecule has 30 heavy (non-hydrogen) atoms. The van der Waals surface area contributed by atoms with E-state index in [1.807, 2.05) is 0 Å². The van der Waals surface area contributed by atoms with Gasteiger partial charge in [-0.15, -0.1) is 5.10 Å². The minimum Gasteiger partial charge on any atom is -0.508 e. The average molecular weight is 403 g/mol. The van der Waals surface area contributed by atoms with E-state index in [2.05, 4.69) is 15.4 Å². The van der Waals surface area contributed by atoms with E-state index in [1.54, 1.807) is 41.1 Å². The molecule has 0 saturated heterocycles. The highest BCUT2D eigenvalue weighted by molar-refractivity contribution is 5.99. The number of benzene rings is 2. The number of nitrogens with zero attached hydrogens (tertiary/aromatic N) is 4. The molecule has 3 aromatic rings. The number of carbonyl (C=O) groups is 1. The van der Waals surface area contributed by atoms with Gasteiger partial charge in [-0.3, -0.25) is 14.9 Å². The Morgan fingerprint density at radius 2 is 1.97 bits per heavy atom. The summed E-state index contributed by atoms with van der Waals surface area (Å²) in [6.07, 6.45) is 1.96. The Labute approximate surface area is 170 Å². The van der Waals surface area contributed by atoms with Gasteiger partial charge < -0.3 is 10.4 Å². The van der Waals surface area contributed by atoms with Crippen LogP contribution in [-0.4, -0.2) is 30.6 Å². The Morgan fingerprint density at radius 1 is 1.17 bits per heavy atom. The van der Waals surface area contributed by atoms with Crippen LogP contribution in [-0.2, 0) is 4.79 Å². The molecule has 0 amide bonds. The first-order valence-electron chi connectivity index (χ1n) is 9.55. The molecule has 0 saturated carbocycles. The first kappa shape index (κ1) is 18.0. The molecule has 5 rings (SSSR count). The fourth-order valence-electron chi connectivity index (χ4n) is 4.00. The third-order valence-corrected chi connectivity index (χ3v) is 5.39. The normalized spacial score (nSPS) is 17.9. The highest BCUT2D eigenvalue weighted by Gasteiger charge is 2.37. The molecule has 9 nitrogen and oxygen atoms in total. The number of rotatable bonds is 3. The summed E-state index contributed by atoms with van der Waals surface area (Å²) in [5.41, 5.74) is 2.75. The Kier molecular flexibility index (Phi) is 4.09. The van der Waals surface area contributed by atoms with Crippen molar-refractivity contribution in [3.63, 3.8) is 0 Å². The van der Waals surface area contributed by atoms with Crippen LogP contribution in [0.2, 0.25) is 0 Å². The summed E-state index contributed by atoms with van der Waals surface area (Å²) >= 11 is 0.